The second-order valence-corrected chi connectivity index (χ2v) is 6.84. The van der Waals surface area contributed by atoms with E-state index in [1.807, 2.05) is 0 Å². The van der Waals surface area contributed by atoms with E-state index in [1.54, 1.807) is 13.0 Å². The summed E-state index contributed by atoms with van der Waals surface area (Å²) in [4.78, 5) is 23.0. The van der Waals surface area contributed by atoms with Gasteiger partial charge in [-0.25, -0.2) is 0 Å². The molecule has 19 heavy (non-hydrogen) atoms. The molecule has 2 N–H and O–H groups in total. The van der Waals surface area contributed by atoms with Gasteiger partial charge in [0.05, 0.1) is 21.2 Å². The van der Waals surface area contributed by atoms with Crippen LogP contribution in [-0.4, -0.2) is 36.2 Å². The third-order valence-electron chi connectivity index (χ3n) is 2.16. The fraction of sp³-hybridized carbons (Fsp3) is 0.455. The van der Waals surface area contributed by atoms with Crippen LogP contribution in [0.2, 0.25) is 0 Å². The Morgan fingerprint density at radius 3 is 2.68 bits per heavy atom. The molecule has 1 atom stereocenters. The van der Waals surface area contributed by atoms with Crippen LogP contribution in [0.1, 0.15) is 23.0 Å². The molecule has 0 aliphatic heterocycles. The predicted molar refractivity (Wildman–Crippen MR) is 79.7 cm³/mol. The third kappa shape index (κ3) is 5.60. The van der Waals surface area contributed by atoms with E-state index in [0.29, 0.717) is 11.5 Å². The summed E-state index contributed by atoms with van der Waals surface area (Å²) in [5.74, 6) is -1.19. The van der Waals surface area contributed by atoms with Crippen LogP contribution in [0.4, 0.5) is 0 Å². The topological polar surface area (TPSA) is 75.6 Å². The molecule has 0 aliphatic rings. The van der Waals surface area contributed by atoms with E-state index in [0.717, 1.165) is 8.26 Å². The molecule has 0 radical (unpaired) electrons. The third-order valence-corrected chi connectivity index (χ3v) is 5.42. The van der Waals surface area contributed by atoms with E-state index in [2.05, 4.69) is 37.2 Å². The molecule has 1 unspecified atom stereocenters. The average Bonchev–Trinajstić information content (AvgIpc) is 2.66. The molecule has 0 spiro atoms. The Morgan fingerprint density at radius 1 is 1.53 bits per heavy atom. The lowest BCUT2D eigenvalue weighted by atomic mass is 10.2. The van der Waals surface area contributed by atoms with Crippen molar-refractivity contribution >= 4 is 55.1 Å². The van der Waals surface area contributed by atoms with Crippen LogP contribution in [0.5, 0.6) is 0 Å². The lowest BCUT2D eigenvalue weighted by molar-refractivity contribution is -0.140. The molecule has 5 nitrogen and oxygen atoms in total. The van der Waals surface area contributed by atoms with Gasteiger partial charge in [0.25, 0.3) is 5.91 Å². The second kappa shape index (κ2) is 7.98. The standard InChI is InChI=1S/C11H13Br2NO4S/c1-2-18-6(3-9(15)16)5-14-11(17)8-4-7(12)10(13)19-8/h4,6H,2-3,5H2,1H3,(H,14,17)(H,15,16). The van der Waals surface area contributed by atoms with Crippen molar-refractivity contribution in [1.82, 2.24) is 5.32 Å². The lowest BCUT2D eigenvalue weighted by Crippen LogP contribution is -2.34. The van der Waals surface area contributed by atoms with Crippen molar-refractivity contribution in [2.24, 2.45) is 0 Å². The highest BCUT2D eigenvalue weighted by Gasteiger charge is 2.17. The number of hydrogen-bond acceptors (Lipinski definition) is 4. The van der Waals surface area contributed by atoms with E-state index >= 15 is 0 Å². The zero-order chi connectivity index (χ0) is 14.4. The minimum absolute atomic E-state index is 0.133. The van der Waals surface area contributed by atoms with Crippen molar-refractivity contribution in [1.29, 1.82) is 0 Å². The average molecular weight is 415 g/mol. The quantitative estimate of drug-likeness (QED) is 0.719. The predicted octanol–water partition coefficient (Wildman–Crippen LogP) is 2.88. The van der Waals surface area contributed by atoms with Gasteiger partial charge in [-0.2, -0.15) is 0 Å². The van der Waals surface area contributed by atoms with E-state index < -0.39 is 12.1 Å². The molecule has 1 heterocycles. The summed E-state index contributed by atoms with van der Waals surface area (Å²) in [7, 11) is 0. The summed E-state index contributed by atoms with van der Waals surface area (Å²) in [5.41, 5.74) is 0. The Kier molecular flexibility index (Phi) is 6.98. The highest BCUT2D eigenvalue weighted by Crippen LogP contribution is 2.32. The minimum atomic E-state index is -0.950. The number of thiophene rings is 1. The van der Waals surface area contributed by atoms with Gasteiger partial charge in [-0.3, -0.25) is 9.59 Å². The number of carbonyl (C=O) groups excluding carboxylic acids is 1. The van der Waals surface area contributed by atoms with Gasteiger partial charge in [0, 0.05) is 17.6 Å². The molecular formula is C11H13Br2NO4S. The van der Waals surface area contributed by atoms with Gasteiger partial charge >= 0.3 is 5.97 Å². The highest BCUT2D eigenvalue weighted by molar-refractivity contribution is 9.13. The van der Waals surface area contributed by atoms with E-state index in [9.17, 15) is 9.59 Å². The number of carboxylic acids is 1. The summed E-state index contributed by atoms with van der Waals surface area (Å²) in [6.07, 6.45) is -0.648. The molecule has 0 aliphatic carbocycles. The molecule has 0 saturated carbocycles. The molecule has 0 fully saturated rings. The van der Waals surface area contributed by atoms with Crippen LogP contribution in [0.15, 0.2) is 14.3 Å². The monoisotopic (exact) mass is 413 g/mol. The van der Waals surface area contributed by atoms with Gasteiger partial charge in [0.15, 0.2) is 0 Å². The normalized spacial score (nSPS) is 12.2. The van der Waals surface area contributed by atoms with Crippen LogP contribution in [0.25, 0.3) is 0 Å². The molecule has 0 bridgehead atoms. The summed E-state index contributed by atoms with van der Waals surface area (Å²) >= 11 is 7.92. The minimum Gasteiger partial charge on any atom is -0.481 e. The maximum atomic E-state index is 11.9. The van der Waals surface area contributed by atoms with Gasteiger partial charge in [-0.1, -0.05) is 0 Å². The first kappa shape index (κ1) is 16.6. The Balaban J connectivity index is 2.53. The number of rotatable bonds is 7. The van der Waals surface area contributed by atoms with Crippen molar-refractivity contribution in [3.63, 3.8) is 0 Å². The summed E-state index contributed by atoms with van der Waals surface area (Å²) in [6, 6.07) is 1.71. The van der Waals surface area contributed by atoms with Crippen molar-refractivity contribution in [2.75, 3.05) is 13.2 Å². The number of halogens is 2. The molecule has 106 valence electrons. The van der Waals surface area contributed by atoms with Gasteiger partial charge in [0.2, 0.25) is 0 Å². The van der Waals surface area contributed by atoms with E-state index in [-0.39, 0.29) is 18.9 Å². The Morgan fingerprint density at radius 2 is 2.21 bits per heavy atom. The fourth-order valence-corrected chi connectivity index (χ4v) is 3.32. The van der Waals surface area contributed by atoms with Crippen LogP contribution in [0, 0.1) is 0 Å². The van der Waals surface area contributed by atoms with Crippen LogP contribution in [0.3, 0.4) is 0 Å². The number of amides is 1. The second-order valence-electron chi connectivity index (χ2n) is 3.62. The summed E-state index contributed by atoms with van der Waals surface area (Å²) in [5, 5.41) is 11.4. The van der Waals surface area contributed by atoms with E-state index in [1.165, 1.54) is 11.3 Å². The van der Waals surface area contributed by atoms with Crippen LogP contribution in [-0.2, 0) is 9.53 Å². The Bertz CT molecular complexity index is 444. The smallest absolute Gasteiger partial charge is 0.306 e. The lowest BCUT2D eigenvalue weighted by Gasteiger charge is -2.15. The van der Waals surface area contributed by atoms with Crippen molar-refractivity contribution in [2.45, 2.75) is 19.4 Å². The molecule has 8 heteroatoms. The maximum Gasteiger partial charge on any atom is 0.306 e. The largest absolute Gasteiger partial charge is 0.481 e. The summed E-state index contributed by atoms with van der Waals surface area (Å²) < 4.78 is 6.91. The van der Waals surface area contributed by atoms with Crippen molar-refractivity contribution in [3.05, 3.63) is 19.2 Å². The van der Waals surface area contributed by atoms with Gasteiger partial charge in [-0.05, 0) is 44.8 Å². The molecule has 1 aromatic rings. The highest BCUT2D eigenvalue weighted by atomic mass is 79.9. The summed E-state index contributed by atoms with van der Waals surface area (Å²) in [6.45, 7) is 2.36. The number of ether oxygens (including phenoxy) is 1. The van der Waals surface area contributed by atoms with Crippen molar-refractivity contribution < 1.29 is 19.4 Å². The Hall–Kier alpha value is -0.440. The van der Waals surface area contributed by atoms with Crippen molar-refractivity contribution in [3.8, 4) is 0 Å². The fourth-order valence-electron chi connectivity index (χ4n) is 1.37. The first-order valence-electron chi connectivity index (χ1n) is 5.50. The first-order chi connectivity index (χ1) is 8.93. The van der Waals surface area contributed by atoms with E-state index in [4.69, 9.17) is 9.84 Å². The van der Waals surface area contributed by atoms with Gasteiger partial charge in [0.1, 0.15) is 0 Å². The van der Waals surface area contributed by atoms with Gasteiger partial charge in [-0.15, -0.1) is 11.3 Å². The number of aliphatic carboxylic acids is 1. The molecule has 0 aromatic carbocycles. The molecule has 1 aromatic heterocycles. The number of carboxylic acid groups (broad SMARTS) is 1. The van der Waals surface area contributed by atoms with Gasteiger partial charge < -0.3 is 15.2 Å². The number of nitrogens with one attached hydrogen (secondary N) is 1. The molecular weight excluding hydrogens is 402 g/mol. The van der Waals surface area contributed by atoms with Crippen LogP contribution < -0.4 is 5.32 Å². The maximum absolute atomic E-state index is 11.9. The molecule has 1 amide bonds. The Labute approximate surface area is 131 Å². The molecule has 1 rings (SSSR count). The number of hydrogen-bond donors (Lipinski definition) is 2. The van der Waals surface area contributed by atoms with Crippen LogP contribution >= 0.6 is 43.2 Å². The zero-order valence-corrected chi connectivity index (χ0v) is 14.1. The SMILES string of the molecule is CCOC(CNC(=O)c1cc(Br)c(Br)s1)CC(=O)O. The number of carbonyl (C=O) groups is 2. The zero-order valence-electron chi connectivity index (χ0n) is 10.1. The molecule has 0 saturated heterocycles. The first-order valence-corrected chi connectivity index (χ1v) is 7.90.